The normalized spacial score (nSPS) is 13.1. The second kappa shape index (κ2) is 9.60. The molecule has 4 rings (SSSR count). The molecule has 0 radical (unpaired) electrons. The summed E-state index contributed by atoms with van der Waals surface area (Å²) in [6.07, 6.45) is 0. The molecule has 0 aliphatic carbocycles. The number of hydrogen-bond donors (Lipinski definition) is 2. The number of benzene rings is 3. The van der Waals surface area contributed by atoms with Crippen molar-refractivity contribution in [2.45, 2.75) is 19.9 Å². The van der Waals surface area contributed by atoms with Crippen LogP contribution in [-0.2, 0) is 9.59 Å². The Balaban J connectivity index is 1.44. The Hall–Kier alpha value is -4.79. The first-order chi connectivity index (χ1) is 16.7. The van der Waals surface area contributed by atoms with Gasteiger partial charge in [0.05, 0.1) is 11.1 Å². The molecule has 1 heterocycles. The molecule has 0 fully saturated rings. The number of carbonyl (C=O) groups is 5. The number of fused-ring (bicyclic) bond motifs is 1. The van der Waals surface area contributed by atoms with Gasteiger partial charge in [-0.25, -0.2) is 0 Å². The third-order valence-electron chi connectivity index (χ3n) is 5.34. The van der Waals surface area contributed by atoms with Crippen LogP contribution in [-0.4, -0.2) is 40.5 Å². The van der Waals surface area contributed by atoms with E-state index in [1.807, 2.05) is 0 Å². The highest BCUT2D eigenvalue weighted by molar-refractivity contribution is 6.23. The molecule has 3 aromatic rings. The maximum Gasteiger partial charge on any atom is 0.308 e. The zero-order chi connectivity index (χ0) is 25.1. The molecule has 0 spiro atoms. The molecule has 0 bridgehead atoms. The van der Waals surface area contributed by atoms with Crippen LogP contribution in [0.5, 0.6) is 5.75 Å². The lowest BCUT2D eigenvalue weighted by Gasteiger charge is -2.21. The van der Waals surface area contributed by atoms with Crippen LogP contribution in [0.2, 0.25) is 0 Å². The lowest BCUT2D eigenvalue weighted by atomic mass is 10.1. The second-order valence-electron chi connectivity index (χ2n) is 7.85. The van der Waals surface area contributed by atoms with Gasteiger partial charge in [0.25, 0.3) is 17.7 Å². The van der Waals surface area contributed by atoms with Crippen LogP contribution < -0.4 is 15.4 Å². The number of imide groups is 1. The van der Waals surface area contributed by atoms with E-state index < -0.39 is 35.6 Å². The molecule has 0 saturated heterocycles. The second-order valence-corrected chi connectivity index (χ2v) is 7.85. The van der Waals surface area contributed by atoms with E-state index in [0.29, 0.717) is 11.4 Å². The van der Waals surface area contributed by atoms with Gasteiger partial charge in [0.1, 0.15) is 11.8 Å². The molecule has 0 aromatic heterocycles. The Morgan fingerprint density at radius 1 is 0.800 bits per heavy atom. The average molecular weight is 471 g/mol. The van der Waals surface area contributed by atoms with E-state index in [2.05, 4.69) is 10.6 Å². The highest BCUT2D eigenvalue weighted by Gasteiger charge is 2.40. The minimum absolute atomic E-state index is 0.244. The average Bonchev–Trinajstić information content (AvgIpc) is 3.08. The third kappa shape index (κ3) is 4.93. The molecule has 9 heteroatoms. The smallest absolute Gasteiger partial charge is 0.308 e. The van der Waals surface area contributed by atoms with E-state index in [1.54, 1.807) is 66.7 Å². The molecule has 1 unspecified atom stereocenters. The van der Waals surface area contributed by atoms with Crippen molar-refractivity contribution in [3.63, 3.8) is 0 Å². The van der Waals surface area contributed by atoms with Gasteiger partial charge in [-0.1, -0.05) is 24.3 Å². The molecule has 176 valence electrons. The Kier molecular flexibility index (Phi) is 6.41. The highest BCUT2D eigenvalue weighted by atomic mass is 16.5. The summed E-state index contributed by atoms with van der Waals surface area (Å²) in [5.74, 6) is -2.30. The van der Waals surface area contributed by atoms with Gasteiger partial charge in [0.15, 0.2) is 0 Å². The quantitative estimate of drug-likeness (QED) is 0.322. The SMILES string of the molecule is CC(=O)Oc1cccc(C(=O)Nc2cccc(NC(=O)C(C)N3C(=O)c4ccccc4C3=O)c2)c1. The zero-order valence-corrected chi connectivity index (χ0v) is 18.9. The summed E-state index contributed by atoms with van der Waals surface area (Å²) >= 11 is 0. The summed E-state index contributed by atoms with van der Waals surface area (Å²) in [4.78, 5) is 62.8. The summed E-state index contributed by atoms with van der Waals surface area (Å²) in [6, 6.07) is 17.9. The first-order valence-corrected chi connectivity index (χ1v) is 10.7. The number of nitrogens with one attached hydrogen (secondary N) is 2. The minimum Gasteiger partial charge on any atom is -0.427 e. The number of anilines is 2. The Bertz CT molecular complexity index is 1330. The molecular weight excluding hydrogens is 450 g/mol. The number of nitrogens with zero attached hydrogens (tertiary/aromatic N) is 1. The van der Waals surface area contributed by atoms with Gasteiger partial charge in [-0.3, -0.25) is 28.9 Å². The van der Waals surface area contributed by atoms with E-state index in [9.17, 15) is 24.0 Å². The summed E-state index contributed by atoms with van der Waals surface area (Å²) in [5.41, 5.74) is 1.57. The maximum atomic E-state index is 12.8. The fourth-order valence-corrected chi connectivity index (χ4v) is 3.67. The number of hydrogen-bond acceptors (Lipinski definition) is 6. The largest absolute Gasteiger partial charge is 0.427 e. The Morgan fingerprint density at radius 2 is 1.40 bits per heavy atom. The summed E-state index contributed by atoms with van der Waals surface area (Å²) < 4.78 is 5.00. The minimum atomic E-state index is -1.05. The zero-order valence-electron chi connectivity index (χ0n) is 18.9. The number of rotatable bonds is 6. The summed E-state index contributed by atoms with van der Waals surface area (Å²) in [7, 11) is 0. The Morgan fingerprint density at radius 3 is 2.03 bits per heavy atom. The molecule has 0 saturated carbocycles. The van der Waals surface area contributed by atoms with Crippen LogP contribution in [0.15, 0.2) is 72.8 Å². The molecule has 4 amide bonds. The van der Waals surface area contributed by atoms with E-state index in [0.717, 1.165) is 4.90 Å². The van der Waals surface area contributed by atoms with Crippen molar-refractivity contribution in [3.8, 4) is 5.75 Å². The molecule has 2 N–H and O–H groups in total. The lowest BCUT2D eigenvalue weighted by Crippen LogP contribution is -2.45. The molecule has 1 aliphatic heterocycles. The highest BCUT2D eigenvalue weighted by Crippen LogP contribution is 2.25. The molecule has 1 atom stereocenters. The van der Waals surface area contributed by atoms with Gasteiger partial charge in [-0.2, -0.15) is 0 Å². The molecular formula is C26H21N3O6. The van der Waals surface area contributed by atoms with Gasteiger partial charge in [0, 0.05) is 23.9 Å². The molecule has 35 heavy (non-hydrogen) atoms. The van der Waals surface area contributed by atoms with Crippen LogP contribution in [0.3, 0.4) is 0 Å². The maximum absolute atomic E-state index is 12.8. The number of amides is 4. The number of carbonyl (C=O) groups excluding carboxylic acids is 5. The van der Waals surface area contributed by atoms with E-state index >= 15 is 0 Å². The first kappa shape index (κ1) is 23.4. The lowest BCUT2D eigenvalue weighted by molar-refractivity contribution is -0.131. The van der Waals surface area contributed by atoms with E-state index in [4.69, 9.17) is 4.74 Å². The van der Waals surface area contributed by atoms with E-state index in [1.165, 1.54) is 19.9 Å². The Labute approximate surface area is 200 Å². The van der Waals surface area contributed by atoms with Crippen molar-refractivity contribution in [1.82, 2.24) is 4.90 Å². The fraction of sp³-hybridized carbons (Fsp3) is 0.115. The van der Waals surface area contributed by atoms with Crippen LogP contribution in [0, 0.1) is 0 Å². The number of esters is 1. The van der Waals surface area contributed by atoms with Crippen LogP contribution >= 0.6 is 0 Å². The third-order valence-corrected chi connectivity index (χ3v) is 5.34. The van der Waals surface area contributed by atoms with Crippen molar-refractivity contribution < 1.29 is 28.7 Å². The van der Waals surface area contributed by atoms with Crippen molar-refractivity contribution in [2.24, 2.45) is 0 Å². The predicted octanol–water partition coefficient (Wildman–Crippen LogP) is 3.49. The van der Waals surface area contributed by atoms with Crippen molar-refractivity contribution >= 4 is 41.0 Å². The predicted molar refractivity (Wildman–Crippen MR) is 127 cm³/mol. The van der Waals surface area contributed by atoms with Crippen molar-refractivity contribution in [3.05, 3.63) is 89.5 Å². The van der Waals surface area contributed by atoms with E-state index in [-0.39, 0.29) is 22.4 Å². The van der Waals surface area contributed by atoms with Crippen LogP contribution in [0.4, 0.5) is 11.4 Å². The standard InChI is InChI=1S/C26H21N3O6/c1-15(29-25(33)21-11-3-4-12-22(21)26(29)34)23(31)27-18-8-6-9-19(14-18)28-24(32)17-7-5-10-20(13-17)35-16(2)30/h3-15H,1-2H3,(H,27,31)(H,28,32). The summed E-state index contributed by atoms with van der Waals surface area (Å²) in [5, 5.41) is 5.39. The van der Waals surface area contributed by atoms with Crippen molar-refractivity contribution in [2.75, 3.05) is 10.6 Å². The molecule has 9 nitrogen and oxygen atoms in total. The van der Waals surface area contributed by atoms with Gasteiger partial charge >= 0.3 is 5.97 Å². The van der Waals surface area contributed by atoms with Gasteiger partial charge in [0.2, 0.25) is 5.91 Å². The fourth-order valence-electron chi connectivity index (χ4n) is 3.67. The topological polar surface area (TPSA) is 122 Å². The van der Waals surface area contributed by atoms with Crippen LogP contribution in [0.1, 0.15) is 44.9 Å². The number of ether oxygens (including phenoxy) is 1. The van der Waals surface area contributed by atoms with Gasteiger partial charge in [-0.05, 0) is 55.5 Å². The van der Waals surface area contributed by atoms with Gasteiger partial charge < -0.3 is 15.4 Å². The first-order valence-electron chi connectivity index (χ1n) is 10.7. The van der Waals surface area contributed by atoms with Gasteiger partial charge in [-0.15, -0.1) is 0 Å². The summed E-state index contributed by atoms with van der Waals surface area (Å²) in [6.45, 7) is 2.74. The van der Waals surface area contributed by atoms with Crippen molar-refractivity contribution in [1.29, 1.82) is 0 Å². The molecule has 3 aromatic carbocycles. The monoisotopic (exact) mass is 471 g/mol. The van der Waals surface area contributed by atoms with Crippen LogP contribution in [0.25, 0.3) is 0 Å². The molecule has 1 aliphatic rings.